The lowest BCUT2D eigenvalue weighted by molar-refractivity contribution is 0.726. The summed E-state index contributed by atoms with van der Waals surface area (Å²) in [6.45, 7) is 0. The van der Waals surface area contributed by atoms with E-state index in [1.54, 1.807) is 11.3 Å². The second kappa shape index (κ2) is 5.85. The van der Waals surface area contributed by atoms with E-state index in [2.05, 4.69) is 31.9 Å². The summed E-state index contributed by atoms with van der Waals surface area (Å²) in [4.78, 5) is 1.21. The van der Waals surface area contributed by atoms with Gasteiger partial charge in [-0.15, -0.1) is 11.3 Å². The molecular weight excluding hydrogens is 385 g/mol. The monoisotopic (exact) mass is 393 g/mol. The van der Waals surface area contributed by atoms with Crippen LogP contribution in [-0.4, -0.2) is 0 Å². The van der Waals surface area contributed by atoms with Crippen molar-refractivity contribution < 1.29 is 0 Å². The number of hydrogen-bond acceptors (Lipinski definition) is 2. The third kappa shape index (κ3) is 3.55. The molecule has 0 aliphatic heterocycles. The number of hydrogen-bond donors (Lipinski definition) is 1. The fourth-order valence-corrected chi connectivity index (χ4v) is 4.08. The van der Waals surface area contributed by atoms with Gasteiger partial charge in [-0.2, -0.15) is 0 Å². The van der Waals surface area contributed by atoms with Crippen LogP contribution in [0.5, 0.6) is 0 Å². The van der Waals surface area contributed by atoms with E-state index in [1.165, 1.54) is 4.88 Å². The highest BCUT2D eigenvalue weighted by Crippen LogP contribution is 2.30. The molecule has 17 heavy (non-hydrogen) atoms. The molecule has 0 aliphatic carbocycles. The van der Waals surface area contributed by atoms with Gasteiger partial charge in [-0.1, -0.05) is 49.5 Å². The smallest absolute Gasteiger partial charge is 0.0931 e. The largest absolute Gasteiger partial charge is 0.324 e. The quantitative estimate of drug-likeness (QED) is 0.762. The molecule has 1 aromatic heterocycles. The Labute approximate surface area is 126 Å². The normalized spacial score (nSPS) is 12.7. The molecule has 1 aromatic carbocycles. The third-order valence-corrected chi connectivity index (χ3v) is 4.85. The summed E-state index contributed by atoms with van der Waals surface area (Å²) in [6.07, 6.45) is 0.803. The summed E-state index contributed by atoms with van der Waals surface area (Å²) in [7, 11) is 0. The zero-order chi connectivity index (χ0) is 12.4. The van der Waals surface area contributed by atoms with Gasteiger partial charge in [0.25, 0.3) is 0 Å². The summed E-state index contributed by atoms with van der Waals surface area (Å²) in [5.41, 5.74) is 7.31. The van der Waals surface area contributed by atoms with Crippen molar-refractivity contribution in [2.45, 2.75) is 12.5 Å². The minimum Gasteiger partial charge on any atom is -0.324 e. The number of rotatable bonds is 3. The van der Waals surface area contributed by atoms with E-state index >= 15 is 0 Å². The number of halogens is 3. The van der Waals surface area contributed by atoms with Gasteiger partial charge in [0.15, 0.2) is 0 Å². The summed E-state index contributed by atoms with van der Waals surface area (Å²) in [5.74, 6) is 0. The molecule has 0 saturated carbocycles. The Hall–Kier alpha value is 0.130. The van der Waals surface area contributed by atoms with E-state index in [1.807, 2.05) is 30.3 Å². The fraction of sp³-hybridized carbons (Fsp3) is 0.167. The lowest BCUT2D eigenvalue weighted by Crippen LogP contribution is -2.13. The summed E-state index contributed by atoms with van der Waals surface area (Å²) >= 11 is 14.4. The predicted molar refractivity (Wildman–Crippen MR) is 81.8 cm³/mol. The minimum absolute atomic E-state index is 0.0211. The Balaban J connectivity index is 2.17. The molecule has 2 rings (SSSR count). The van der Waals surface area contributed by atoms with Crippen LogP contribution in [0.1, 0.15) is 16.5 Å². The molecule has 0 spiro atoms. The first-order valence-electron chi connectivity index (χ1n) is 5.01. The molecule has 1 atom stereocenters. The zero-order valence-corrected chi connectivity index (χ0v) is 13.5. The van der Waals surface area contributed by atoms with E-state index in [0.29, 0.717) is 0 Å². The fourth-order valence-electron chi connectivity index (χ4n) is 1.59. The van der Waals surface area contributed by atoms with Gasteiger partial charge in [-0.05, 0) is 29.8 Å². The standard InChI is InChI=1S/C12H10Br2ClNS/c13-7-1-3-9(10(14)5-7)11(16)6-8-2-4-12(15)17-8/h1-5,11H,6,16H2. The van der Waals surface area contributed by atoms with Crippen molar-refractivity contribution in [1.82, 2.24) is 0 Å². The highest BCUT2D eigenvalue weighted by Gasteiger charge is 2.12. The van der Waals surface area contributed by atoms with Gasteiger partial charge in [-0.3, -0.25) is 0 Å². The lowest BCUT2D eigenvalue weighted by atomic mass is 10.0. The molecule has 5 heteroatoms. The van der Waals surface area contributed by atoms with Crippen molar-refractivity contribution in [3.8, 4) is 0 Å². The van der Waals surface area contributed by atoms with Crippen molar-refractivity contribution in [2.24, 2.45) is 5.73 Å². The van der Waals surface area contributed by atoms with Crippen LogP contribution in [-0.2, 0) is 6.42 Å². The van der Waals surface area contributed by atoms with Gasteiger partial charge in [0.1, 0.15) is 0 Å². The average molecular weight is 396 g/mol. The first kappa shape index (κ1) is 13.6. The van der Waals surface area contributed by atoms with Crippen LogP contribution in [0.4, 0.5) is 0 Å². The first-order chi connectivity index (χ1) is 8.06. The van der Waals surface area contributed by atoms with Crippen LogP contribution >= 0.6 is 54.8 Å². The second-order valence-corrected chi connectivity index (χ2v) is 7.25. The van der Waals surface area contributed by atoms with Crippen LogP contribution < -0.4 is 5.73 Å². The number of benzene rings is 1. The Morgan fingerprint density at radius 3 is 2.59 bits per heavy atom. The molecule has 2 N–H and O–H groups in total. The molecule has 0 aliphatic rings. The Morgan fingerprint density at radius 2 is 2.00 bits per heavy atom. The molecule has 1 unspecified atom stereocenters. The number of thiophene rings is 1. The zero-order valence-electron chi connectivity index (χ0n) is 8.79. The van der Waals surface area contributed by atoms with Crippen molar-refractivity contribution in [3.05, 3.63) is 54.1 Å². The van der Waals surface area contributed by atoms with E-state index in [4.69, 9.17) is 17.3 Å². The van der Waals surface area contributed by atoms with E-state index in [0.717, 1.165) is 25.3 Å². The van der Waals surface area contributed by atoms with Crippen molar-refractivity contribution in [3.63, 3.8) is 0 Å². The van der Waals surface area contributed by atoms with Gasteiger partial charge in [-0.25, -0.2) is 0 Å². The van der Waals surface area contributed by atoms with Crippen molar-refractivity contribution in [2.75, 3.05) is 0 Å². The van der Waals surface area contributed by atoms with E-state index < -0.39 is 0 Å². The highest BCUT2D eigenvalue weighted by atomic mass is 79.9. The molecule has 0 fully saturated rings. The molecule has 0 amide bonds. The maximum absolute atomic E-state index is 6.21. The Kier molecular flexibility index (Phi) is 4.66. The van der Waals surface area contributed by atoms with Crippen molar-refractivity contribution in [1.29, 1.82) is 0 Å². The van der Waals surface area contributed by atoms with Crippen LogP contribution in [0, 0.1) is 0 Å². The van der Waals surface area contributed by atoms with Crippen LogP contribution in [0.3, 0.4) is 0 Å². The van der Waals surface area contributed by atoms with Crippen LogP contribution in [0.15, 0.2) is 39.3 Å². The average Bonchev–Trinajstić information content (AvgIpc) is 2.63. The second-order valence-electron chi connectivity index (χ2n) is 3.68. The van der Waals surface area contributed by atoms with Gasteiger partial charge in [0.05, 0.1) is 4.34 Å². The van der Waals surface area contributed by atoms with Gasteiger partial charge < -0.3 is 5.73 Å². The summed E-state index contributed by atoms with van der Waals surface area (Å²) in [5, 5.41) is 0. The predicted octanol–water partition coefficient (Wildman–Crippen LogP) is 5.17. The third-order valence-electron chi connectivity index (χ3n) is 2.41. The van der Waals surface area contributed by atoms with Gasteiger partial charge >= 0.3 is 0 Å². The van der Waals surface area contributed by atoms with E-state index in [9.17, 15) is 0 Å². The van der Waals surface area contributed by atoms with Gasteiger partial charge in [0, 0.05) is 26.3 Å². The molecule has 0 bridgehead atoms. The topological polar surface area (TPSA) is 26.0 Å². The van der Waals surface area contributed by atoms with E-state index in [-0.39, 0.29) is 6.04 Å². The maximum Gasteiger partial charge on any atom is 0.0931 e. The summed E-state index contributed by atoms with van der Waals surface area (Å²) in [6, 6.07) is 9.96. The maximum atomic E-state index is 6.21. The summed E-state index contributed by atoms with van der Waals surface area (Å²) < 4.78 is 2.88. The first-order valence-corrected chi connectivity index (χ1v) is 7.79. The minimum atomic E-state index is -0.0211. The molecule has 90 valence electrons. The number of nitrogens with two attached hydrogens (primary N) is 1. The highest BCUT2D eigenvalue weighted by molar-refractivity contribution is 9.11. The lowest BCUT2D eigenvalue weighted by Gasteiger charge is -2.13. The molecule has 1 heterocycles. The Morgan fingerprint density at radius 1 is 1.24 bits per heavy atom. The Bertz CT molecular complexity index is 527. The van der Waals surface area contributed by atoms with Gasteiger partial charge in [0.2, 0.25) is 0 Å². The van der Waals surface area contributed by atoms with Crippen LogP contribution in [0.25, 0.3) is 0 Å². The molecule has 0 saturated heterocycles. The van der Waals surface area contributed by atoms with Crippen LogP contribution in [0.2, 0.25) is 4.34 Å². The molecule has 1 nitrogen and oxygen atoms in total. The molecular formula is C12H10Br2ClNS. The molecule has 2 aromatic rings. The van der Waals surface area contributed by atoms with Crippen molar-refractivity contribution >= 4 is 54.8 Å². The SMILES string of the molecule is NC(Cc1ccc(Cl)s1)c1ccc(Br)cc1Br. The molecule has 0 radical (unpaired) electrons.